The van der Waals surface area contributed by atoms with Crippen LogP contribution in [0.25, 0.3) is 0 Å². The summed E-state index contributed by atoms with van der Waals surface area (Å²) in [6.07, 6.45) is 7.26. The highest BCUT2D eigenvalue weighted by atomic mass is 16.2. The number of carbonyl (C=O) groups excluding carboxylic acids is 3. The molecule has 6 heteroatoms. The third-order valence-electron chi connectivity index (χ3n) is 6.05. The SMILES string of the molecule is CC(C)NC(=O)CNC(=O)CCNC(=O)C12CC3CC(CC(C3)C1)C2. The zero-order valence-corrected chi connectivity index (χ0v) is 15.4. The molecule has 0 saturated heterocycles. The molecule has 0 unspecified atom stereocenters. The van der Waals surface area contributed by atoms with Gasteiger partial charge in [0.1, 0.15) is 0 Å². The number of hydrogen-bond acceptors (Lipinski definition) is 3. The first kappa shape index (κ1) is 18.2. The first-order chi connectivity index (χ1) is 11.9. The van der Waals surface area contributed by atoms with E-state index < -0.39 is 0 Å². The minimum atomic E-state index is -0.204. The molecule has 0 atom stereocenters. The van der Waals surface area contributed by atoms with E-state index in [1.54, 1.807) is 0 Å². The quantitative estimate of drug-likeness (QED) is 0.648. The molecule has 3 N–H and O–H groups in total. The van der Waals surface area contributed by atoms with Gasteiger partial charge >= 0.3 is 0 Å². The fourth-order valence-electron chi connectivity index (χ4n) is 5.51. The standard InChI is InChI=1S/C19H31N3O3/c1-12(2)22-17(24)11-21-16(23)3-4-20-18(25)19-8-13-5-14(9-19)7-15(6-13)10-19/h12-15H,3-11H2,1-2H3,(H,20,25)(H,21,23)(H,22,24). The number of hydrogen-bond donors (Lipinski definition) is 3. The van der Waals surface area contributed by atoms with Gasteiger partial charge in [-0.2, -0.15) is 0 Å². The Morgan fingerprint density at radius 3 is 2.00 bits per heavy atom. The topological polar surface area (TPSA) is 87.3 Å². The van der Waals surface area contributed by atoms with Crippen LogP contribution >= 0.6 is 0 Å². The minimum Gasteiger partial charge on any atom is -0.355 e. The van der Waals surface area contributed by atoms with Crippen molar-refractivity contribution in [2.24, 2.45) is 23.2 Å². The molecule has 4 saturated carbocycles. The molecule has 4 fully saturated rings. The number of nitrogens with one attached hydrogen (secondary N) is 3. The monoisotopic (exact) mass is 349 g/mol. The fraction of sp³-hybridized carbons (Fsp3) is 0.842. The average Bonchev–Trinajstić information content (AvgIpc) is 2.51. The molecule has 0 aromatic rings. The molecule has 3 amide bonds. The third-order valence-corrected chi connectivity index (χ3v) is 6.05. The van der Waals surface area contributed by atoms with E-state index in [0.29, 0.717) is 6.54 Å². The Hall–Kier alpha value is -1.59. The van der Waals surface area contributed by atoms with E-state index in [4.69, 9.17) is 0 Å². The summed E-state index contributed by atoms with van der Waals surface area (Å²) in [5, 5.41) is 8.31. The number of carbonyl (C=O) groups is 3. The molecule has 0 aromatic heterocycles. The Kier molecular flexibility index (Phi) is 5.35. The smallest absolute Gasteiger partial charge is 0.239 e. The van der Waals surface area contributed by atoms with Crippen molar-refractivity contribution in [3.8, 4) is 0 Å². The van der Waals surface area contributed by atoms with Crippen molar-refractivity contribution in [1.82, 2.24) is 16.0 Å². The van der Waals surface area contributed by atoms with Crippen LogP contribution in [0.5, 0.6) is 0 Å². The van der Waals surface area contributed by atoms with Crippen molar-refractivity contribution < 1.29 is 14.4 Å². The molecule has 0 radical (unpaired) electrons. The van der Waals surface area contributed by atoms with E-state index in [1.165, 1.54) is 19.3 Å². The summed E-state index contributed by atoms with van der Waals surface area (Å²) >= 11 is 0. The van der Waals surface area contributed by atoms with E-state index in [1.807, 2.05) is 13.8 Å². The van der Waals surface area contributed by atoms with Crippen LogP contribution in [0.1, 0.15) is 58.8 Å². The van der Waals surface area contributed by atoms with E-state index >= 15 is 0 Å². The van der Waals surface area contributed by atoms with Crippen LogP contribution in [-0.4, -0.2) is 36.9 Å². The van der Waals surface area contributed by atoms with Crippen molar-refractivity contribution in [2.45, 2.75) is 64.8 Å². The van der Waals surface area contributed by atoms with Crippen molar-refractivity contribution >= 4 is 17.7 Å². The average molecular weight is 349 g/mol. The molecule has 6 nitrogen and oxygen atoms in total. The van der Waals surface area contributed by atoms with Gasteiger partial charge in [0.2, 0.25) is 17.7 Å². The highest BCUT2D eigenvalue weighted by molar-refractivity contribution is 5.86. The molecule has 0 aliphatic heterocycles. The van der Waals surface area contributed by atoms with Gasteiger partial charge in [0.25, 0.3) is 0 Å². The predicted octanol–water partition coefficient (Wildman–Crippen LogP) is 1.35. The summed E-state index contributed by atoms with van der Waals surface area (Å²) in [7, 11) is 0. The maximum atomic E-state index is 12.8. The van der Waals surface area contributed by atoms with E-state index in [9.17, 15) is 14.4 Å². The van der Waals surface area contributed by atoms with Gasteiger partial charge in [-0.25, -0.2) is 0 Å². The molecule has 140 valence electrons. The molecule has 0 spiro atoms. The molecule has 4 rings (SSSR count). The second kappa shape index (κ2) is 7.34. The lowest BCUT2D eigenvalue weighted by atomic mass is 9.49. The van der Waals surface area contributed by atoms with Crippen molar-refractivity contribution in [3.05, 3.63) is 0 Å². The Labute approximate surface area is 149 Å². The summed E-state index contributed by atoms with van der Waals surface area (Å²) < 4.78 is 0. The van der Waals surface area contributed by atoms with E-state index in [2.05, 4.69) is 16.0 Å². The van der Waals surface area contributed by atoms with Gasteiger partial charge in [0.15, 0.2) is 0 Å². The first-order valence-electron chi connectivity index (χ1n) is 9.70. The molecule has 25 heavy (non-hydrogen) atoms. The second-order valence-corrected chi connectivity index (χ2v) is 8.70. The predicted molar refractivity (Wildman–Crippen MR) is 94.5 cm³/mol. The Morgan fingerprint density at radius 2 is 1.48 bits per heavy atom. The summed E-state index contributed by atoms with van der Waals surface area (Å²) in [5.41, 5.74) is -0.164. The normalized spacial score (nSPS) is 32.5. The third kappa shape index (κ3) is 4.33. The molecule has 4 aliphatic carbocycles. The van der Waals surface area contributed by atoms with Crippen LogP contribution in [0.15, 0.2) is 0 Å². The Balaban J connectivity index is 1.38. The van der Waals surface area contributed by atoms with Crippen LogP contribution in [0, 0.1) is 23.2 Å². The minimum absolute atomic E-state index is 0.0140. The number of rotatable bonds is 7. The molecular formula is C19H31N3O3. The van der Waals surface area contributed by atoms with Gasteiger partial charge in [0.05, 0.1) is 6.54 Å². The van der Waals surface area contributed by atoms with Gasteiger partial charge in [-0.3, -0.25) is 14.4 Å². The Bertz CT molecular complexity index is 509. The highest BCUT2D eigenvalue weighted by Gasteiger charge is 2.54. The maximum Gasteiger partial charge on any atom is 0.239 e. The molecular weight excluding hydrogens is 318 g/mol. The van der Waals surface area contributed by atoms with Crippen LogP contribution in [0.3, 0.4) is 0 Å². The van der Waals surface area contributed by atoms with Crippen LogP contribution in [0.4, 0.5) is 0 Å². The lowest BCUT2D eigenvalue weighted by Gasteiger charge is -2.55. The van der Waals surface area contributed by atoms with Gasteiger partial charge in [-0.05, 0) is 70.1 Å². The lowest BCUT2D eigenvalue weighted by Crippen LogP contribution is -2.53. The van der Waals surface area contributed by atoms with Gasteiger partial charge in [-0.1, -0.05) is 0 Å². The van der Waals surface area contributed by atoms with Crippen molar-refractivity contribution in [1.29, 1.82) is 0 Å². The lowest BCUT2D eigenvalue weighted by molar-refractivity contribution is -0.146. The number of amides is 3. The van der Waals surface area contributed by atoms with Crippen molar-refractivity contribution in [2.75, 3.05) is 13.1 Å². The molecule has 0 heterocycles. The van der Waals surface area contributed by atoms with E-state index in [-0.39, 0.29) is 42.1 Å². The van der Waals surface area contributed by atoms with Gasteiger partial charge in [0, 0.05) is 24.4 Å². The maximum absolute atomic E-state index is 12.8. The Morgan fingerprint density at radius 1 is 0.920 bits per heavy atom. The zero-order valence-electron chi connectivity index (χ0n) is 15.4. The van der Waals surface area contributed by atoms with E-state index in [0.717, 1.165) is 37.0 Å². The van der Waals surface area contributed by atoms with Crippen molar-refractivity contribution in [3.63, 3.8) is 0 Å². The summed E-state index contributed by atoms with van der Waals surface area (Å²) in [6, 6.07) is 0.0592. The van der Waals surface area contributed by atoms with Crippen LogP contribution in [0.2, 0.25) is 0 Å². The van der Waals surface area contributed by atoms with Crippen LogP contribution < -0.4 is 16.0 Å². The first-order valence-corrected chi connectivity index (χ1v) is 9.70. The molecule has 4 aliphatic rings. The molecule has 0 aromatic carbocycles. The van der Waals surface area contributed by atoms with Gasteiger partial charge in [-0.15, -0.1) is 0 Å². The second-order valence-electron chi connectivity index (χ2n) is 8.70. The van der Waals surface area contributed by atoms with Crippen LogP contribution in [-0.2, 0) is 14.4 Å². The fourth-order valence-corrected chi connectivity index (χ4v) is 5.51. The summed E-state index contributed by atoms with van der Waals surface area (Å²) in [6.45, 7) is 4.08. The zero-order chi connectivity index (χ0) is 18.0. The highest BCUT2D eigenvalue weighted by Crippen LogP contribution is 2.60. The summed E-state index contributed by atoms with van der Waals surface area (Å²) in [5.74, 6) is 1.96. The largest absolute Gasteiger partial charge is 0.355 e. The summed E-state index contributed by atoms with van der Waals surface area (Å²) in [4.78, 5) is 36.1. The van der Waals surface area contributed by atoms with Gasteiger partial charge < -0.3 is 16.0 Å². The molecule has 4 bridgehead atoms.